The van der Waals surface area contributed by atoms with Crippen LogP contribution in [0.15, 0.2) is 81.6 Å². The summed E-state index contributed by atoms with van der Waals surface area (Å²) in [6, 6.07) is 19.2. The van der Waals surface area contributed by atoms with Gasteiger partial charge in [0.25, 0.3) is 5.91 Å². The van der Waals surface area contributed by atoms with Gasteiger partial charge in [0.2, 0.25) is 0 Å². The number of aromatic nitrogens is 3. The maximum absolute atomic E-state index is 12.4. The molecule has 9 heteroatoms. The number of hydrazone groups is 1. The Kier molecular flexibility index (Phi) is 6.89. The van der Waals surface area contributed by atoms with Crippen LogP contribution < -0.4 is 10.2 Å². The lowest BCUT2D eigenvalue weighted by Crippen LogP contribution is -2.21. The summed E-state index contributed by atoms with van der Waals surface area (Å²) in [7, 11) is 1.63. The Morgan fingerprint density at radius 3 is 2.55 bits per heavy atom. The lowest BCUT2D eigenvalue weighted by molar-refractivity contribution is -0.118. The fourth-order valence-corrected chi connectivity index (χ4v) is 3.81. The molecule has 0 unspecified atom stereocenters. The van der Waals surface area contributed by atoms with Crippen molar-refractivity contribution < 1.29 is 13.9 Å². The zero-order valence-electron chi connectivity index (χ0n) is 18.5. The molecule has 0 aliphatic rings. The molecule has 0 spiro atoms. The molecule has 168 valence electrons. The molecule has 1 N–H and O–H groups in total. The standard InChI is InChI=1S/C24H23N5O3S/c1-16-6-10-19(11-7-16)29-23(18-8-12-20(31-3)13-9-18)27-28-24(29)33-15-22(30)26-25-17(2)21-5-4-14-32-21/h4-14H,15H2,1-3H3,(H,26,30)/b25-17-. The van der Waals surface area contributed by atoms with Crippen molar-refractivity contribution in [2.45, 2.75) is 19.0 Å². The third-order valence-corrected chi connectivity index (χ3v) is 5.76. The number of furan rings is 1. The fraction of sp³-hybridized carbons (Fsp3) is 0.167. The first kappa shape index (κ1) is 22.3. The highest BCUT2D eigenvalue weighted by molar-refractivity contribution is 7.99. The van der Waals surface area contributed by atoms with Crippen LogP contribution in [0.2, 0.25) is 0 Å². The van der Waals surface area contributed by atoms with E-state index in [0.29, 0.717) is 22.5 Å². The largest absolute Gasteiger partial charge is 0.497 e. The average molecular weight is 462 g/mol. The van der Waals surface area contributed by atoms with E-state index >= 15 is 0 Å². The van der Waals surface area contributed by atoms with E-state index in [0.717, 1.165) is 22.6 Å². The van der Waals surface area contributed by atoms with E-state index in [4.69, 9.17) is 9.15 Å². The predicted octanol–water partition coefficient (Wildman–Crippen LogP) is 4.48. The fourth-order valence-electron chi connectivity index (χ4n) is 3.07. The van der Waals surface area contributed by atoms with Crippen molar-refractivity contribution in [3.8, 4) is 22.8 Å². The quantitative estimate of drug-likeness (QED) is 0.236. The second kappa shape index (κ2) is 10.2. The van der Waals surface area contributed by atoms with Gasteiger partial charge in [0, 0.05) is 11.3 Å². The van der Waals surface area contributed by atoms with Crippen LogP contribution in [0.1, 0.15) is 18.2 Å². The molecule has 0 radical (unpaired) electrons. The van der Waals surface area contributed by atoms with Gasteiger partial charge in [0.1, 0.15) is 17.2 Å². The lowest BCUT2D eigenvalue weighted by atomic mass is 10.2. The second-order valence-corrected chi connectivity index (χ2v) is 8.15. The molecule has 2 heterocycles. The van der Waals surface area contributed by atoms with Gasteiger partial charge in [-0.1, -0.05) is 29.5 Å². The van der Waals surface area contributed by atoms with Crippen molar-refractivity contribution in [1.82, 2.24) is 20.2 Å². The number of amides is 1. The third kappa shape index (κ3) is 5.32. The number of methoxy groups -OCH3 is 1. The first-order valence-corrected chi connectivity index (χ1v) is 11.2. The molecular formula is C24H23N5O3S. The first-order valence-electron chi connectivity index (χ1n) is 10.2. The molecule has 1 amide bonds. The maximum atomic E-state index is 12.4. The summed E-state index contributed by atoms with van der Waals surface area (Å²) in [6.45, 7) is 3.80. The van der Waals surface area contributed by atoms with Crippen LogP contribution in [-0.4, -0.2) is 39.2 Å². The molecular weight excluding hydrogens is 438 g/mol. The molecule has 0 bridgehead atoms. The van der Waals surface area contributed by atoms with Gasteiger partial charge in [-0.2, -0.15) is 5.10 Å². The minimum Gasteiger partial charge on any atom is -0.497 e. The number of rotatable bonds is 8. The van der Waals surface area contributed by atoms with E-state index in [-0.39, 0.29) is 11.7 Å². The summed E-state index contributed by atoms with van der Waals surface area (Å²) in [6.07, 6.45) is 1.56. The van der Waals surface area contributed by atoms with Gasteiger partial charge in [-0.25, -0.2) is 5.43 Å². The number of nitrogens with one attached hydrogen (secondary N) is 1. The zero-order valence-corrected chi connectivity index (χ0v) is 19.3. The zero-order chi connectivity index (χ0) is 23.2. The first-order chi connectivity index (χ1) is 16.0. The van der Waals surface area contributed by atoms with Crippen LogP contribution in [-0.2, 0) is 4.79 Å². The SMILES string of the molecule is COc1ccc(-c2nnc(SCC(=O)N/N=C(/C)c3ccco3)n2-c2ccc(C)cc2)cc1. The monoisotopic (exact) mass is 461 g/mol. The number of benzene rings is 2. The van der Waals surface area contributed by atoms with Crippen LogP contribution in [0, 0.1) is 6.92 Å². The van der Waals surface area contributed by atoms with Gasteiger partial charge >= 0.3 is 0 Å². The van der Waals surface area contributed by atoms with Gasteiger partial charge < -0.3 is 9.15 Å². The van der Waals surface area contributed by atoms with Gasteiger partial charge in [-0.15, -0.1) is 10.2 Å². The number of ether oxygens (including phenoxy) is 1. The Morgan fingerprint density at radius 2 is 1.88 bits per heavy atom. The van der Waals surface area contributed by atoms with Gasteiger partial charge in [0.15, 0.2) is 11.0 Å². The van der Waals surface area contributed by atoms with Crippen LogP contribution in [0.3, 0.4) is 0 Å². The molecule has 0 aliphatic carbocycles. The molecule has 2 aromatic carbocycles. The molecule has 2 aromatic heterocycles. The Hall–Kier alpha value is -3.85. The normalized spacial score (nSPS) is 11.4. The second-order valence-electron chi connectivity index (χ2n) is 7.20. The Morgan fingerprint density at radius 1 is 1.12 bits per heavy atom. The summed E-state index contributed by atoms with van der Waals surface area (Å²) in [5, 5.41) is 13.5. The van der Waals surface area contributed by atoms with E-state index in [1.54, 1.807) is 32.4 Å². The van der Waals surface area contributed by atoms with Crippen LogP contribution in [0.25, 0.3) is 17.1 Å². The summed E-state index contributed by atoms with van der Waals surface area (Å²) in [5.74, 6) is 1.91. The average Bonchev–Trinajstić information content (AvgIpc) is 3.52. The number of aryl methyl sites for hydroxylation is 1. The van der Waals surface area contributed by atoms with Crippen molar-refractivity contribution in [1.29, 1.82) is 0 Å². The van der Waals surface area contributed by atoms with Crippen LogP contribution >= 0.6 is 11.8 Å². The molecule has 33 heavy (non-hydrogen) atoms. The van der Waals surface area contributed by atoms with E-state index in [1.165, 1.54) is 11.8 Å². The van der Waals surface area contributed by atoms with Crippen molar-refractivity contribution in [2.24, 2.45) is 5.10 Å². The number of thioether (sulfide) groups is 1. The number of carbonyl (C=O) groups excluding carboxylic acids is 1. The summed E-state index contributed by atoms with van der Waals surface area (Å²) < 4.78 is 12.5. The highest BCUT2D eigenvalue weighted by Crippen LogP contribution is 2.29. The van der Waals surface area contributed by atoms with Crippen LogP contribution in [0.5, 0.6) is 5.75 Å². The van der Waals surface area contributed by atoms with E-state index in [2.05, 4.69) is 20.7 Å². The highest BCUT2D eigenvalue weighted by atomic mass is 32.2. The molecule has 4 rings (SSSR count). The lowest BCUT2D eigenvalue weighted by Gasteiger charge is -2.11. The van der Waals surface area contributed by atoms with E-state index in [9.17, 15) is 4.79 Å². The van der Waals surface area contributed by atoms with E-state index < -0.39 is 0 Å². The van der Waals surface area contributed by atoms with Crippen molar-refractivity contribution in [3.05, 3.63) is 78.3 Å². The van der Waals surface area contributed by atoms with Gasteiger partial charge in [-0.3, -0.25) is 9.36 Å². The Labute approximate surface area is 195 Å². The minimum absolute atomic E-state index is 0.127. The van der Waals surface area contributed by atoms with Crippen molar-refractivity contribution in [2.75, 3.05) is 12.9 Å². The topological polar surface area (TPSA) is 94.5 Å². The minimum atomic E-state index is -0.254. The molecule has 8 nitrogen and oxygen atoms in total. The molecule has 0 aliphatic heterocycles. The molecule has 0 atom stereocenters. The molecule has 0 saturated carbocycles. The molecule has 4 aromatic rings. The Bertz CT molecular complexity index is 1250. The summed E-state index contributed by atoms with van der Waals surface area (Å²) >= 11 is 1.29. The van der Waals surface area contributed by atoms with Crippen molar-refractivity contribution >= 4 is 23.4 Å². The number of carbonyl (C=O) groups is 1. The Balaban J connectivity index is 1.56. The van der Waals surface area contributed by atoms with E-state index in [1.807, 2.05) is 60.0 Å². The summed E-state index contributed by atoms with van der Waals surface area (Å²) in [5.41, 5.74) is 6.09. The third-order valence-electron chi connectivity index (χ3n) is 4.83. The van der Waals surface area contributed by atoms with Crippen molar-refractivity contribution in [3.63, 3.8) is 0 Å². The smallest absolute Gasteiger partial charge is 0.250 e. The predicted molar refractivity (Wildman–Crippen MR) is 128 cm³/mol. The number of hydrogen-bond acceptors (Lipinski definition) is 7. The number of nitrogens with zero attached hydrogens (tertiary/aromatic N) is 4. The molecule has 0 saturated heterocycles. The summed E-state index contributed by atoms with van der Waals surface area (Å²) in [4.78, 5) is 12.4. The molecule has 0 fully saturated rings. The van der Waals surface area contributed by atoms with Gasteiger partial charge in [-0.05, 0) is 62.4 Å². The van der Waals surface area contributed by atoms with Gasteiger partial charge in [0.05, 0.1) is 19.1 Å². The highest BCUT2D eigenvalue weighted by Gasteiger charge is 2.17. The number of hydrogen-bond donors (Lipinski definition) is 1. The maximum Gasteiger partial charge on any atom is 0.250 e. The van der Waals surface area contributed by atoms with Crippen LogP contribution in [0.4, 0.5) is 0 Å².